The summed E-state index contributed by atoms with van der Waals surface area (Å²) in [5.41, 5.74) is 2.94. The molecule has 0 amide bonds. The Balaban J connectivity index is 1.45. The van der Waals surface area contributed by atoms with Crippen LogP contribution in [0.1, 0.15) is 31.1 Å². The van der Waals surface area contributed by atoms with Crippen molar-refractivity contribution in [2.45, 2.75) is 32.1 Å². The highest BCUT2D eigenvalue weighted by Gasteiger charge is 2.19. The zero-order valence-electron chi connectivity index (χ0n) is 14.3. The van der Waals surface area contributed by atoms with Gasteiger partial charge in [-0.25, -0.2) is 4.68 Å². The van der Waals surface area contributed by atoms with E-state index in [1.165, 1.54) is 6.42 Å². The number of hydrogen-bond donors (Lipinski definition) is 0. The van der Waals surface area contributed by atoms with Gasteiger partial charge in [0, 0.05) is 17.3 Å². The highest BCUT2D eigenvalue weighted by atomic mass is 79.9. The van der Waals surface area contributed by atoms with Crippen molar-refractivity contribution in [2.24, 2.45) is 0 Å². The van der Waals surface area contributed by atoms with E-state index in [0.29, 0.717) is 6.61 Å². The normalized spacial score (nSPS) is 17.2. The molecular formula is C20H20BrN3O2. The molecule has 1 saturated heterocycles. The molecule has 4 rings (SSSR count). The third-order valence-corrected chi connectivity index (χ3v) is 4.89. The van der Waals surface area contributed by atoms with Gasteiger partial charge in [-0.2, -0.15) is 5.10 Å². The minimum atomic E-state index is 0.00278. The highest BCUT2D eigenvalue weighted by molar-refractivity contribution is 9.10. The summed E-state index contributed by atoms with van der Waals surface area (Å²) < 4.78 is 14.7. The van der Waals surface area contributed by atoms with Crippen LogP contribution in [0.4, 0.5) is 0 Å². The molecule has 0 N–H and O–H groups in total. The van der Waals surface area contributed by atoms with Crippen LogP contribution in [0.3, 0.4) is 0 Å². The smallest absolute Gasteiger partial charge is 0.150 e. The molecule has 0 saturated carbocycles. The average Bonchev–Trinajstić information content (AvgIpc) is 3.17. The largest absolute Gasteiger partial charge is 0.487 e. The van der Waals surface area contributed by atoms with Crippen LogP contribution in [0, 0.1) is 0 Å². The van der Waals surface area contributed by atoms with Gasteiger partial charge < -0.3 is 9.47 Å². The summed E-state index contributed by atoms with van der Waals surface area (Å²) in [6.07, 6.45) is 6.83. The zero-order valence-corrected chi connectivity index (χ0v) is 15.9. The highest BCUT2D eigenvalue weighted by Crippen LogP contribution is 2.28. The molecule has 1 fully saturated rings. The molecule has 5 nitrogen and oxygen atoms in total. The molecular weight excluding hydrogens is 394 g/mol. The summed E-state index contributed by atoms with van der Waals surface area (Å²) in [5.74, 6) is 0.744. The molecule has 0 bridgehead atoms. The second-order valence-electron chi connectivity index (χ2n) is 6.28. The van der Waals surface area contributed by atoms with Crippen LogP contribution in [-0.2, 0) is 11.3 Å². The molecule has 134 valence electrons. The average molecular weight is 414 g/mol. The SMILES string of the molecule is Brc1cccc(COc2ccc(-c3ccnn3C3CCCCO3)nc2)c1. The number of rotatable bonds is 5. The molecule has 26 heavy (non-hydrogen) atoms. The number of pyridine rings is 1. The molecule has 1 aliphatic heterocycles. The van der Waals surface area contributed by atoms with E-state index >= 15 is 0 Å². The number of hydrogen-bond acceptors (Lipinski definition) is 4. The van der Waals surface area contributed by atoms with Gasteiger partial charge in [-0.15, -0.1) is 0 Å². The van der Waals surface area contributed by atoms with Crippen molar-refractivity contribution in [3.05, 3.63) is 64.9 Å². The van der Waals surface area contributed by atoms with Gasteiger partial charge in [0.15, 0.2) is 6.23 Å². The molecule has 0 aliphatic carbocycles. The Kier molecular flexibility index (Phi) is 5.32. The van der Waals surface area contributed by atoms with Gasteiger partial charge >= 0.3 is 0 Å². The van der Waals surface area contributed by atoms with E-state index in [1.807, 2.05) is 47.1 Å². The number of nitrogens with zero attached hydrogens (tertiary/aromatic N) is 3. The van der Waals surface area contributed by atoms with Crippen LogP contribution < -0.4 is 4.74 Å². The number of halogens is 1. The number of aromatic nitrogens is 3. The van der Waals surface area contributed by atoms with E-state index in [-0.39, 0.29) is 6.23 Å². The van der Waals surface area contributed by atoms with Gasteiger partial charge in [0.25, 0.3) is 0 Å². The van der Waals surface area contributed by atoms with Crippen LogP contribution in [0.25, 0.3) is 11.4 Å². The third kappa shape index (κ3) is 3.97. The van der Waals surface area contributed by atoms with Crippen LogP contribution in [0.15, 0.2) is 59.3 Å². The molecule has 0 radical (unpaired) electrons. The monoisotopic (exact) mass is 413 g/mol. The molecule has 1 aliphatic rings. The standard InChI is InChI=1S/C20H20BrN3O2/c21-16-5-3-4-15(12-16)14-26-17-7-8-18(22-13-17)19-9-10-23-24(19)20-6-1-2-11-25-20/h3-5,7-10,12-13,20H,1-2,6,11,14H2. The molecule has 1 unspecified atom stereocenters. The van der Waals surface area contributed by atoms with E-state index in [0.717, 1.165) is 46.6 Å². The summed E-state index contributed by atoms with van der Waals surface area (Å²) in [7, 11) is 0. The van der Waals surface area contributed by atoms with Crippen molar-refractivity contribution in [1.82, 2.24) is 14.8 Å². The van der Waals surface area contributed by atoms with Gasteiger partial charge in [0.2, 0.25) is 0 Å². The first-order valence-corrected chi connectivity index (χ1v) is 9.58. The number of ether oxygens (including phenoxy) is 2. The van der Waals surface area contributed by atoms with Crippen LogP contribution >= 0.6 is 15.9 Å². The van der Waals surface area contributed by atoms with Crippen molar-refractivity contribution in [3.8, 4) is 17.1 Å². The second-order valence-corrected chi connectivity index (χ2v) is 7.20. The predicted molar refractivity (Wildman–Crippen MR) is 103 cm³/mol. The summed E-state index contributed by atoms with van der Waals surface area (Å²) in [5, 5.41) is 4.44. The van der Waals surface area contributed by atoms with E-state index in [4.69, 9.17) is 9.47 Å². The molecule has 1 atom stereocenters. The maximum atomic E-state index is 5.85. The van der Waals surface area contributed by atoms with E-state index in [2.05, 4.69) is 26.0 Å². The fourth-order valence-corrected chi connectivity index (χ4v) is 3.52. The Bertz CT molecular complexity index is 858. The predicted octanol–water partition coefficient (Wildman–Crippen LogP) is 4.99. The lowest BCUT2D eigenvalue weighted by molar-refractivity contribution is -0.0384. The molecule has 3 heterocycles. The van der Waals surface area contributed by atoms with Gasteiger partial charge in [0.05, 0.1) is 17.6 Å². The Labute approximate surface area is 161 Å². The Morgan fingerprint density at radius 1 is 1.19 bits per heavy atom. The summed E-state index contributed by atoms with van der Waals surface area (Å²) in [4.78, 5) is 4.56. The van der Waals surface area contributed by atoms with E-state index < -0.39 is 0 Å². The maximum Gasteiger partial charge on any atom is 0.150 e. The van der Waals surface area contributed by atoms with Crippen LogP contribution in [0.5, 0.6) is 5.75 Å². The maximum absolute atomic E-state index is 5.85. The minimum absolute atomic E-state index is 0.00278. The van der Waals surface area contributed by atoms with Crippen LogP contribution in [-0.4, -0.2) is 21.4 Å². The second kappa shape index (κ2) is 8.01. The Morgan fingerprint density at radius 2 is 2.15 bits per heavy atom. The first kappa shape index (κ1) is 17.2. The topological polar surface area (TPSA) is 49.2 Å². The molecule has 0 spiro atoms. The first-order valence-electron chi connectivity index (χ1n) is 8.78. The molecule has 3 aromatic rings. The fraction of sp³-hybridized carbons (Fsp3) is 0.300. The lowest BCUT2D eigenvalue weighted by Gasteiger charge is -2.24. The molecule has 6 heteroatoms. The quantitative estimate of drug-likeness (QED) is 0.591. The van der Waals surface area contributed by atoms with Gasteiger partial charge in [-0.3, -0.25) is 4.98 Å². The van der Waals surface area contributed by atoms with Crippen molar-refractivity contribution in [2.75, 3.05) is 6.61 Å². The summed E-state index contributed by atoms with van der Waals surface area (Å²) >= 11 is 3.47. The zero-order chi connectivity index (χ0) is 17.8. The van der Waals surface area contributed by atoms with Crippen LogP contribution in [0.2, 0.25) is 0 Å². The summed E-state index contributed by atoms with van der Waals surface area (Å²) in [6, 6.07) is 14.0. The lowest BCUT2D eigenvalue weighted by atomic mass is 10.2. The van der Waals surface area contributed by atoms with E-state index in [1.54, 1.807) is 12.4 Å². The minimum Gasteiger partial charge on any atom is -0.487 e. The van der Waals surface area contributed by atoms with Crippen molar-refractivity contribution in [1.29, 1.82) is 0 Å². The first-order chi connectivity index (χ1) is 12.8. The van der Waals surface area contributed by atoms with Crippen molar-refractivity contribution >= 4 is 15.9 Å². The Morgan fingerprint density at radius 3 is 2.92 bits per heavy atom. The van der Waals surface area contributed by atoms with Crippen molar-refractivity contribution in [3.63, 3.8) is 0 Å². The third-order valence-electron chi connectivity index (χ3n) is 4.39. The van der Waals surface area contributed by atoms with Gasteiger partial charge in [-0.05, 0) is 55.2 Å². The van der Waals surface area contributed by atoms with Crippen molar-refractivity contribution < 1.29 is 9.47 Å². The fourth-order valence-electron chi connectivity index (χ4n) is 3.07. The summed E-state index contributed by atoms with van der Waals surface area (Å²) in [6.45, 7) is 1.30. The molecule has 2 aromatic heterocycles. The number of benzene rings is 1. The Hall–Kier alpha value is -2.18. The van der Waals surface area contributed by atoms with Gasteiger partial charge in [-0.1, -0.05) is 28.1 Å². The van der Waals surface area contributed by atoms with E-state index in [9.17, 15) is 0 Å². The molecule has 1 aromatic carbocycles. The lowest BCUT2D eigenvalue weighted by Crippen LogP contribution is -2.20. The van der Waals surface area contributed by atoms with Gasteiger partial charge in [0.1, 0.15) is 12.4 Å².